The van der Waals surface area contributed by atoms with Crippen molar-refractivity contribution in [3.8, 4) is 28.5 Å². The Hall–Kier alpha value is -5.21. The molecule has 0 saturated heterocycles. The Bertz CT molecular complexity index is 1610. The van der Waals surface area contributed by atoms with E-state index in [1.165, 1.54) is 0 Å². The van der Waals surface area contributed by atoms with Gasteiger partial charge in [-0.25, -0.2) is 4.98 Å². The number of pyridine rings is 1. The Balaban J connectivity index is 1.49. The maximum Gasteiger partial charge on any atom is 0.196 e. The predicted octanol–water partition coefficient (Wildman–Crippen LogP) is 6.88. The molecule has 0 amide bonds. The lowest BCUT2D eigenvalue weighted by Crippen LogP contribution is -2.09. The van der Waals surface area contributed by atoms with Gasteiger partial charge in [0.15, 0.2) is 5.78 Å². The first-order chi connectivity index (χ1) is 17.7. The van der Waals surface area contributed by atoms with Crippen LogP contribution in [0.25, 0.3) is 22.4 Å². The summed E-state index contributed by atoms with van der Waals surface area (Å²) in [5, 5.41) is 9.78. The van der Waals surface area contributed by atoms with Crippen LogP contribution < -0.4 is 10.6 Å². The molecule has 0 fully saturated rings. The first-order valence-corrected chi connectivity index (χ1v) is 11.6. The third-order valence-electron chi connectivity index (χ3n) is 6.43. The number of nitrogens with zero attached hydrogens (tertiary/aromatic N) is 3. The summed E-state index contributed by atoms with van der Waals surface area (Å²) >= 11 is 0. The average molecular weight is 465 g/mol. The summed E-state index contributed by atoms with van der Waals surface area (Å²) in [5.74, 6) is -0.0195. The fourth-order valence-electron chi connectivity index (χ4n) is 4.82. The van der Waals surface area contributed by atoms with Crippen molar-refractivity contribution in [3.05, 3.63) is 126 Å². The van der Waals surface area contributed by atoms with Crippen molar-refractivity contribution in [2.24, 2.45) is 0 Å². The van der Waals surface area contributed by atoms with Gasteiger partial charge in [-0.3, -0.25) is 4.79 Å². The van der Waals surface area contributed by atoms with Crippen molar-refractivity contribution in [1.29, 1.82) is 5.26 Å². The van der Waals surface area contributed by atoms with E-state index in [1.807, 2.05) is 78.9 Å². The van der Waals surface area contributed by atoms with Crippen molar-refractivity contribution in [3.63, 3.8) is 0 Å². The number of benzene rings is 4. The predicted molar refractivity (Wildman–Crippen MR) is 142 cm³/mol. The average Bonchev–Trinajstić information content (AvgIpc) is 3.22. The normalized spacial score (nSPS) is 11.5. The van der Waals surface area contributed by atoms with Crippen molar-refractivity contribution in [2.45, 2.75) is 0 Å². The lowest BCUT2D eigenvalue weighted by molar-refractivity contribution is 0.104. The minimum absolute atomic E-state index is 0.120. The SMILES string of the molecule is N#Cc1c(N)nc(-c2ccc(N(c3ccccc3)c3ccccc3)cc2)c2c1-c1ccccc1C2=O. The van der Waals surface area contributed by atoms with Crippen LogP contribution >= 0.6 is 0 Å². The molecule has 0 saturated carbocycles. The van der Waals surface area contributed by atoms with Gasteiger partial charge in [0.1, 0.15) is 17.5 Å². The molecule has 1 aliphatic rings. The van der Waals surface area contributed by atoms with E-state index in [9.17, 15) is 10.1 Å². The Morgan fingerprint density at radius 3 is 1.78 bits per heavy atom. The molecule has 2 N–H and O–H groups in total. The fraction of sp³-hybridized carbons (Fsp3) is 0. The van der Waals surface area contributed by atoms with E-state index in [2.05, 4.69) is 40.2 Å². The zero-order chi connectivity index (χ0) is 24.6. The van der Waals surface area contributed by atoms with Crippen LogP contribution in [0, 0.1) is 11.3 Å². The second-order valence-corrected chi connectivity index (χ2v) is 8.51. The number of carbonyl (C=O) groups excluding carboxylic acids is 1. The number of nitrogens with two attached hydrogens (primary N) is 1. The number of fused-ring (bicyclic) bond motifs is 3. The highest BCUT2D eigenvalue weighted by Gasteiger charge is 2.34. The Morgan fingerprint density at radius 2 is 1.19 bits per heavy atom. The van der Waals surface area contributed by atoms with Crippen LogP contribution in [0.4, 0.5) is 22.9 Å². The highest BCUT2D eigenvalue weighted by Crippen LogP contribution is 2.44. The number of hydrogen-bond acceptors (Lipinski definition) is 5. The molecular weight excluding hydrogens is 444 g/mol. The monoisotopic (exact) mass is 464 g/mol. The summed E-state index contributed by atoms with van der Waals surface area (Å²) in [6, 6.07) is 37.6. The zero-order valence-corrected chi connectivity index (χ0v) is 19.2. The highest BCUT2D eigenvalue weighted by atomic mass is 16.1. The molecule has 0 unspecified atom stereocenters. The standard InChI is InChI=1S/C31H20N4O/c32-19-26-27-24-13-7-8-14-25(24)30(36)28(27)29(34-31(26)33)20-15-17-23(18-16-20)35(21-9-3-1-4-10-21)22-11-5-2-6-12-22/h1-18H,(H2,33,34). The van der Waals surface area contributed by atoms with Crippen LogP contribution in [0.15, 0.2) is 109 Å². The summed E-state index contributed by atoms with van der Waals surface area (Å²) < 4.78 is 0. The molecule has 170 valence electrons. The van der Waals surface area contributed by atoms with E-state index in [1.54, 1.807) is 6.07 Å². The van der Waals surface area contributed by atoms with Gasteiger partial charge in [-0.05, 0) is 42.0 Å². The molecule has 0 aliphatic heterocycles. The van der Waals surface area contributed by atoms with Gasteiger partial charge in [0.2, 0.25) is 0 Å². The van der Waals surface area contributed by atoms with Gasteiger partial charge in [0.25, 0.3) is 0 Å². The molecule has 0 radical (unpaired) electrons. The summed E-state index contributed by atoms with van der Waals surface area (Å²) in [7, 11) is 0. The van der Waals surface area contributed by atoms with Crippen LogP contribution in [0.2, 0.25) is 0 Å². The van der Waals surface area contributed by atoms with Crippen molar-refractivity contribution < 1.29 is 4.79 Å². The van der Waals surface area contributed by atoms with Gasteiger partial charge in [0, 0.05) is 33.8 Å². The lowest BCUT2D eigenvalue weighted by Gasteiger charge is -2.25. The number of carbonyl (C=O) groups is 1. The number of aromatic nitrogens is 1. The number of hydrogen-bond donors (Lipinski definition) is 1. The zero-order valence-electron chi connectivity index (χ0n) is 19.2. The molecule has 1 aromatic heterocycles. The van der Waals surface area contributed by atoms with Crippen LogP contribution in [0.3, 0.4) is 0 Å². The largest absolute Gasteiger partial charge is 0.383 e. The molecule has 1 aliphatic carbocycles. The van der Waals surface area contributed by atoms with Gasteiger partial charge < -0.3 is 10.6 Å². The second-order valence-electron chi connectivity index (χ2n) is 8.51. The molecule has 0 atom stereocenters. The van der Waals surface area contributed by atoms with E-state index in [-0.39, 0.29) is 17.2 Å². The van der Waals surface area contributed by atoms with E-state index in [0.29, 0.717) is 22.4 Å². The van der Waals surface area contributed by atoms with Gasteiger partial charge in [-0.1, -0.05) is 72.8 Å². The van der Waals surface area contributed by atoms with E-state index in [0.717, 1.165) is 28.2 Å². The summed E-state index contributed by atoms with van der Waals surface area (Å²) in [4.78, 5) is 20.1. The van der Waals surface area contributed by atoms with Crippen LogP contribution in [0.1, 0.15) is 21.5 Å². The van der Waals surface area contributed by atoms with E-state index in [4.69, 9.17) is 5.73 Å². The molecule has 4 aromatic carbocycles. The molecule has 0 spiro atoms. The first-order valence-electron chi connectivity index (χ1n) is 11.6. The maximum atomic E-state index is 13.4. The number of rotatable bonds is 4. The molecule has 1 heterocycles. The van der Waals surface area contributed by atoms with Crippen LogP contribution in [-0.4, -0.2) is 10.8 Å². The van der Waals surface area contributed by atoms with Crippen LogP contribution in [-0.2, 0) is 0 Å². The van der Waals surface area contributed by atoms with E-state index < -0.39 is 0 Å². The third-order valence-corrected chi connectivity index (χ3v) is 6.43. The summed E-state index contributed by atoms with van der Waals surface area (Å²) in [5.41, 5.74) is 13.0. The molecule has 5 heteroatoms. The molecule has 36 heavy (non-hydrogen) atoms. The quantitative estimate of drug-likeness (QED) is 0.307. The number of para-hydroxylation sites is 2. The van der Waals surface area contributed by atoms with Crippen molar-refractivity contribution in [1.82, 2.24) is 4.98 Å². The Kier molecular flexibility index (Phi) is 5.06. The number of ketones is 1. The second kappa shape index (κ2) is 8.53. The molecule has 0 bridgehead atoms. The minimum Gasteiger partial charge on any atom is -0.383 e. The third kappa shape index (κ3) is 3.32. The van der Waals surface area contributed by atoms with Crippen LogP contribution in [0.5, 0.6) is 0 Å². The molecule has 5 aromatic rings. The van der Waals surface area contributed by atoms with Gasteiger partial charge in [-0.15, -0.1) is 0 Å². The van der Waals surface area contributed by atoms with Crippen molar-refractivity contribution in [2.75, 3.05) is 10.6 Å². The topological polar surface area (TPSA) is 83.0 Å². The van der Waals surface area contributed by atoms with Gasteiger partial charge in [-0.2, -0.15) is 5.26 Å². The van der Waals surface area contributed by atoms with E-state index >= 15 is 0 Å². The lowest BCUT2D eigenvalue weighted by atomic mass is 9.96. The molecule has 6 rings (SSSR count). The smallest absolute Gasteiger partial charge is 0.196 e. The first kappa shape index (κ1) is 21.3. The number of anilines is 4. The Morgan fingerprint density at radius 1 is 0.667 bits per heavy atom. The Labute approximate surface area is 208 Å². The summed E-state index contributed by atoms with van der Waals surface area (Å²) in [6.45, 7) is 0. The summed E-state index contributed by atoms with van der Waals surface area (Å²) in [6.07, 6.45) is 0. The molecular formula is C31H20N4O. The molecule has 5 nitrogen and oxygen atoms in total. The van der Waals surface area contributed by atoms with Crippen molar-refractivity contribution >= 4 is 28.7 Å². The number of nitrogen functional groups attached to an aromatic ring is 1. The minimum atomic E-state index is -0.140. The fourth-order valence-corrected chi connectivity index (χ4v) is 4.82. The maximum absolute atomic E-state index is 13.4. The van der Waals surface area contributed by atoms with Gasteiger partial charge in [0.05, 0.1) is 11.3 Å². The number of nitriles is 1. The van der Waals surface area contributed by atoms with Gasteiger partial charge >= 0.3 is 0 Å². The highest BCUT2D eigenvalue weighted by molar-refractivity contribution is 6.25.